The van der Waals surface area contributed by atoms with Crippen molar-refractivity contribution < 1.29 is 9.50 Å². The van der Waals surface area contributed by atoms with E-state index in [1.165, 1.54) is 6.07 Å². The van der Waals surface area contributed by atoms with Crippen molar-refractivity contribution in [2.75, 3.05) is 13.2 Å². The normalized spacial score (nSPS) is 20.4. The van der Waals surface area contributed by atoms with Gasteiger partial charge in [-0.3, -0.25) is 0 Å². The van der Waals surface area contributed by atoms with Crippen molar-refractivity contribution in [2.45, 2.75) is 31.6 Å². The number of hydrogen-bond acceptors (Lipinski definition) is 2. The first-order chi connectivity index (χ1) is 8.23. The van der Waals surface area contributed by atoms with Crippen LogP contribution >= 0.6 is 0 Å². The molecule has 3 heteroatoms. The van der Waals surface area contributed by atoms with Gasteiger partial charge in [-0.2, -0.15) is 0 Å². The highest BCUT2D eigenvalue weighted by Gasteiger charge is 2.41. The molecule has 1 aromatic rings. The van der Waals surface area contributed by atoms with Gasteiger partial charge in [0.05, 0.1) is 0 Å². The average Bonchev–Trinajstić information content (AvgIpc) is 2.82. The van der Waals surface area contributed by atoms with E-state index in [0.717, 1.165) is 25.7 Å². The Morgan fingerprint density at radius 3 is 2.47 bits per heavy atom. The van der Waals surface area contributed by atoms with Crippen LogP contribution < -0.4 is 5.73 Å². The number of aliphatic hydroxyl groups excluding tert-OH is 1. The lowest BCUT2D eigenvalue weighted by Crippen LogP contribution is -2.35. The summed E-state index contributed by atoms with van der Waals surface area (Å²) in [4.78, 5) is 0. The average molecular weight is 237 g/mol. The molecule has 17 heavy (non-hydrogen) atoms. The SMILES string of the molecule is NC[C@H](c1ccccc1F)C1(CO)CCCC1. The fourth-order valence-electron chi connectivity index (χ4n) is 3.16. The molecule has 0 aliphatic heterocycles. The van der Waals surface area contributed by atoms with E-state index in [-0.39, 0.29) is 23.8 Å². The largest absolute Gasteiger partial charge is 0.396 e. The molecule has 1 aliphatic rings. The summed E-state index contributed by atoms with van der Waals surface area (Å²) in [6, 6.07) is 6.79. The third-order valence-corrected chi connectivity index (χ3v) is 4.17. The van der Waals surface area contributed by atoms with Crippen molar-refractivity contribution in [2.24, 2.45) is 11.1 Å². The van der Waals surface area contributed by atoms with Gasteiger partial charge in [0.2, 0.25) is 0 Å². The van der Waals surface area contributed by atoms with Gasteiger partial charge in [0.15, 0.2) is 0 Å². The number of halogens is 1. The van der Waals surface area contributed by atoms with Crippen LogP contribution in [0.25, 0.3) is 0 Å². The summed E-state index contributed by atoms with van der Waals surface area (Å²) in [5.74, 6) is -0.279. The fourth-order valence-corrected chi connectivity index (χ4v) is 3.16. The molecule has 0 spiro atoms. The maximum absolute atomic E-state index is 13.8. The van der Waals surface area contributed by atoms with Crippen LogP contribution in [-0.2, 0) is 0 Å². The number of nitrogens with two attached hydrogens (primary N) is 1. The molecule has 1 saturated carbocycles. The van der Waals surface area contributed by atoms with Crippen molar-refractivity contribution in [3.63, 3.8) is 0 Å². The first kappa shape index (κ1) is 12.5. The third kappa shape index (κ3) is 2.22. The lowest BCUT2D eigenvalue weighted by atomic mass is 9.71. The van der Waals surface area contributed by atoms with E-state index in [0.29, 0.717) is 12.1 Å². The molecule has 0 saturated heterocycles. The van der Waals surface area contributed by atoms with Crippen LogP contribution in [0.4, 0.5) is 4.39 Å². The van der Waals surface area contributed by atoms with E-state index < -0.39 is 0 Å². The molecule has 1 atom stereocenters. The number of rotatable bonds is 4. The minimum absolute atomic E-state index is 0.0730. The second-order valence-electron chi connectivity index (χ2n) is 5.04. The minimum Gasteiger partial charge on any atom is -0.396 e. The zero-order valence-corrected chi connectivity index (χ0v) is 10.0. The van der Waals surface area contributed by atoms with Crippen LogP contribution in [0.5, 0.6) is 0 Å². The highest BCUT2D eigenvalue weighted by atomic mass is 19.1. The molecule has 0 bridgehead atoms. The second-order valence-corrected chi connectivity index (χ2v) is 5.04. The Balaban J connectivity index is 2.36. The minimum atomic E-state index is -0.211. The Morgan fingerprint density at radius 2 is 1.94 bits per heavy atom. The van der Waals surface area contributed by atoms with Gasteiger partial charge in [-0.25, -0.2) is 4.39 Å². The summed E-state index contributed by atoms with van der Waals surface area (Å²) in [7, 11) is 0. The quantitative estimate of drug-likeness (QED) is 0.844. The standard InChI is InChI=1S/C14H20FNO/c15-13-6-2-1-5-11(13)12(9-16)14(10-17)7-3-4-8-14/h1-2,5-6,12,17H,3-4,7-10,16H2/t12-/m1/s1. The zero-order chi connectivity index (χ0) is 12.3. The first-order valence-electron chi connectivity index (χ1n) is 6.29. The lowest BCUT2D eigenvalue weighted by molar-refractivity contribution is 0.101. The van der Waals surface area contributed by atoms with Crippen molar-refractivity contribution >= 4 is 0 Å². The smallest absolute Gasteiger partial charge is 0.126 e. The molecule has 2 rings (SSSR count). The Morgan fingerprint density at radius 1 is 1.29 bits per heavy atom. The Hall–Kier alpha value is -0.930. The lowest BCUT2D eigenvalue weighted by Gasteiger charge is -2.35. The van der Waals surface area contributed by atoms with Gasteiger partial charge in [-0.1, -0.05) is 31.0 Å². The van der Waals surface area contributed by atoms with Crippen LogP contribution in [0, 0.1) is 11.2 Å². The summed E-state index contributed by atoms with van der Waals surface area (Å²) < 4.78 is 13.8. The van der Waals surface area contributed by atoms with Crippen LogP contribution in [0.15, 0.2) is 24.3 Å². The summed E-state index contributed by atoms with van der Waals surface area (Å²) in [6.07, 6.45) is 4.09. The molecule has 0 unspecified atom stereocenters. The highest BCUT2D eigenvalue weighted by Crippen LogP contribution is 2.48. The molecule has 1 aliphatic carbocycles. The second kappa shape index (κ2) is 5.15. The van der Waals surface area contributed by atoms with Crippen molar-refractivity contribution in [3.05, 3.63) is 35.6 Å². The Kier molecular flexibility index (Phi) is 3.79. The molecule has 0 aromatic heterocycles. The Bertz CT molecular complexity index is 374. The molecule has 2 nitrogen and oxygen atoms in total. The summed E-state index contributed by atoms with van der Waals surface area (Å²) in [5.41, 5.74) is 6.28. The van der Waals surface area contributed by atoms with Crippen LogP contribution in [0.1, 0.15) is 37.2 Å². The van der Waals surface area contributed by atoms with Gasteiger partial charge in [0.25, 0.3) is 0 Å². The van der Waals surface area contributed by atoms with Crippen molar-refractivity contribution in [3.8, 4) is 0 Å². The topological polar surface area (TPSA) is 46.2 Å². The molecule has 0 heterocycles. The molecular weight excluding hydrogens is 217 g/mol. The van der Waals surface area contributed by atoms with Crippen LogP contribution in [-0.4, -0.2) is 18.3 Å². The Labute approximate surface area is 102 Å². The summed E-state index contributed by atoms with van der Waals surface area (Å²) in [6.45, 7) is 0.491. The molecule has 0 amide bonds. The van der Waals surface area contributed by atoms with E-state index in [1.807, 2.05) is 6.07 Å². The summed E-state index contributed by atoms with van der Waals surface area (Å²) >= 11 is 0. The summed E-state index contributed by atoms with van der Waals surface area (Å²) in [5, 5.41) is 9.69. The molecule has 94 valence electrons. The van der Waals surface area contributed by atoms with Gasteiger partial charge >= 0.3 is 0 Å². The molecular formula is C14H20FNO. The van der Waals surface area contributed by atoms with Gasteiger partial charge < -0.3 is 10.8 Å². The van der Waals surface area contributed by atoms with E-state index in [9.17, 15) is 9.50 Å². The molecule has 3 N–H and O–H groups in total. The number of hydrogen-bond donors (Lipinski definition) is 2. The van der Waals surface area contributed by atoms with Gasteiger partial charge in [0.1, 0.15) is 5.82 Å². The maximum atomic E-state index is 13.8. The van der Waals surface area contributed by atoms with E-state index in [2.05, 4.69) is 0 Å². The molecule has 0 radical (unpaired) electrons. The van der Waals surface area contributed by atoms with Crippen LogP contribution in [0.2, 0.25) is 0 Å². The van der Waals surface area contributed by atoms with E-state index in [1.54, 1.807) is 12.1 Å². The predicted octanol–water partition coefficient (Wildman–Crippen LogP) is 2.42. The van der Waals surface area contributed by atoms with Crippen molar-refractivity contribution in [1.29, 1.82) is 0 Å². The van der Waals surface area contributed by atoms with Gasteiger partial charge in [-0.05, 0) is 31.0 Å². The maximum Gasteiger partial charge on any atom is 0.126 e. The van der Waals surface area contributed by atoms with E-state index in [4.69, 9.17) is 5.73 Å². The molecule has 1 aromatic carbocycles. The molecule has 1 fully saturated rings. The number of benzene rings is 1. The highest BCUT2D eigenvalue weighted by molar-refractivity contribution is 5.25. The van der Waals surface area contributed by atoms with Gasteiger partial charge in [-0.15, -0.1) is 0 Å². The fraction of sp³-hybridized carbons (Fsp3) is 0.571. The number of aliphatic hydroxyl groups is 1. The van der Waals surface area contributed by atoms with Crippen LogP contribution in [0.3, 0.4) is 0 Å². The predicted molar refractivity (Wildman–Crippen MR) is 66.2 cm³/mol. The van der Waals surface area contributed by atoms with Crippen molar-refractivity contribution in [1.82, 2.24) is 0 Å². The van der Waals surface area contributed by atoms with Gasteiger partial charge in [0, 0.05) is 17.9 Å². The third-order valence-electron chi connectivity index (χ3n) is 4.17. The monoisotopic (exact) mass is 237 g/mol. The van der Waals surface area contributed by atoms with E-state index >= 15 is 0 Å². The first-order valence-corrected chi connectivity index (χ1v) is 6.29. The zero-order valence-electron chi connectivity index (χ0n) is 10.0.